The summed E-state index contributed by atoms with van der Waals surface area (Å²) in [7, 11) is -0.0911. The molecule has 1 aliphatic rings. The van der Waals surface area contributed by atoms with Gasteiger partial charge in [0.15, 0.2) is 21.2 Å². The fourth-order valence-corrected chi connectivity index (χ4v) is 6.05. The maximum Gasteiger partial charge on any atom is 0.256 e. The highest BCUT2D eigenvalue weighted by atomic mass is 32.2. The maximum absolute atomic E-state index is 13.6. The Labute approximate surface area is 201 Å². The second-order valence-corrected chi connectivity index (χ2v) is 10.6. The number of fused-ring (bicyclic) bond motifs is 1. The molecule has 182 valence electrons. The second kappa shape index (κ2) is 8.73. The zero-order valence-corrected chi connectivity index (χ0v) is 20.3. The standard InChI is InChI=1S/C24H24N4O6S/c1-14-22-17(24(29)26-18-7-6-16(32-2)11-21(18)33-3)12-19(20-5-4-9-34-20)25-23(22)28(27-14)15-8-10-35(30,31)13-15/h4-7,9,11-12,15H,8,10,13H2,1-3H3,(H,26,29). The highest BCUT2D eigenvalue weighted by molar-refractivity contribution is 7.91. The number of pyridine rings is 1. The van der Waals surface area contributed by atoms with E-state index in [1.807, 2.05) is 0 Å². The van der Waals surface area contributed by atoms with Gasteiger partial charge in [-0.2, -0.15) is 5.10 Å². The van der Waals surface area contributed by atoms with E-state index in [0.29, 0.717) is 57.4 Å². The van der Waals surface area contributed by atoms with Crippen molar-refractivity contribution in [3.8, 4) is 23.0 Å². The van der Waals surface area contributed by atoms with Gasteiger partial charge in [0.25, 0.3) is 5.91 Å². The van der Waals surface area contributed by atoms with Crippen LogP contribution >= 0.6 is 0 Å². The molecule has 1 N–H and O–H groups in total. The van der Waals surface area contributed by atoms with Gasteiger partial charge in [0, 0.05) is 6.07 Å². The Bertz CT molecular complexity index is 1530. The summed E-state index contributed by atoms with van der Waals surface area (Å²) < 4.78 is 42.1. The summed E-state index contributed by atoms with van der Waals surface area (Å²) in [5.41, 5.74) is 2.26. The van der Waals surface area contributed by atoms with E-state index in [9.17, 15) is 13.2 Å². The van der Waals surface area contributed by atoms with Crippen LogP contribution in [-0.4, -0.2) is 54.8 Å². The molecule has 1 amide bonds. The highest BCUT2D eigenvalue weighted by Gasteiger charge is 2.32. The van der Waals surface area contributed by atoms with Crippen molar-refractivity contribution >= 4 is 32.5 Å². The van der Waals surface area contributed by atoms with Gasteiger partial charge in [-0.05, 0) is 43.7 Å². The Kier molecular flexibility index (Phi) is 5.72. The zero-order valence-electron chi connectivity index (χ0n) is 19.4. The molecule has 11 heteroatoms. The van der Waals surface area contributed by atoms with Crippen molar-refractivity contribution in [3.05, 3.63) is 53.9 Å². The number of methoxy groups -OCH3 is 2. The number of ether oxygens (including phenoxy) is 2. The van der Waals surface area contributed by atoms with Crippen LogP contribution in [0.25, 0.3) is 22.5 Å². The van der Waals surface area contributed by atoms with E-state index < -0.39 is 15.7 Å². The molecule has 1 unspecified atom stereocenters. The Morgan fingerprint density at radius 2 is 2.03 bits per heavy atom. The van der Waals surface area contributed by atoms with Crippen LogP contribution in [0.15, 0.2) is 47.1 Å². The number of anilines is 1. The molecule has 3 aromatic heterocycles. The zero-order chi connectivity index (χ0) is 24.7. The number of carbonyl (C=O) groups is 1. The van der Waals surface area contributed by atoms with E-state index in [-0.39, 0.29) is 17.5 Å². The number of carbonyl (C=O) groups excluding carboxylic acids is 1. The number of furan rings is 1. The number of aryl methyl sites for hydroxylation is 1. The van der Waals surface area contributed by atoms with Crippen molar-refractivity contribution in [1.29, 1.82) is 0 Å². The summed E-state index contributed by atoms with van der Waals surface area (Å²) in [5, 5.41) is 8.06. The average molecular weight is 497 g/mol. The first kappa shape index (κ1) is 22.9. The number of nitrogens with zero attached hydrogens (tertiary/aromatic N) is 3. The van der Waals surface area contributed by atoms with Crippen molar-refractivity contribution in [2.24, 2.45) is 0 Å². The molecule has 1 fully saturated rings. The summed E-state index contributed by atoms with van der Waals surface area (Å²) >= 11 is 0. The normalized spacial score (nSPS) is 16.9. The van der Waals surface area contributed by atoms with Gasteiger partial charge >= 0.3 is 0 Å². The topological polar surface area (TPSA) is 126 Å². The number of hydrogen-bond donors (Lipinski definition) is 1. The lowest BCUT2D eigenvalue weighted by molar-refractivity contribution is 0.102. The average Bonchev–Trinajstić information content (AvgIpc) is 3.58. The fraction of sp³-hybridized carbons (Fsp3) is 0.292. The van der Waals surface area contributed by atoms with Gasteiger partial charge in [-0.3, -0.25) is 4.79 Å². The van der Waals surface area contributed by atoms with E-state index in [1.54, 1.807) is 55.1 Å². The predicted molar refractivity (Wildman–Crippen MR) is 130 cm³/mol. The van der Waals surface area contributed by atoms with Gasteiger partial charge in [-0.25, -0.2) is 18.1 Å². The van der Waals surface area contributed by atoms with Gasteiger partial charge in [0.2, 0.25) is 0 Å². The Morgan fingerprint density at radius 1 is 1.20 bits per heavy atom. The van der Waals surface area contributed by atoms with Gasteiger partial charge < -0.3 is 19.2 Å². The summed E-state index contributed by atoms with van der Waals surface area (Å²) in [6.45, 7) is 1.78. The van der Waals surface area contributed by atoms with E-state index in [1.165, 1.54) is 13.4 Å². The summed E-state index contributed by atoms with van der Waals surface area (Å²) in [6, 6.07) is 9.87. The molecule has 0 radical (unpaired) electrons. The molecular weight excluding hydrogens is 472 g/mol. The summed E-state index contributed by atoms with van der Waals surface area (Å²) in [5.74, 6) is 1.21. The molecule has 0 spiro atoms. The minimum atomic E-state index is -3.15. The van der Waals surface area contributed by atoms with E-state index in [2.05, 4.69) is 10.4 Å². The molecule has 1 aromatic carbocycles. The number of benzene rings is 1. The van der Waals surface area contributed by atoms with E-state index >= 15 is 0 Å². The minimum Gasteiger partial charge on any atom is -0.497 e. The van der Waals surface area contributed by atoms with Crippen LogP contribution in [0.1, 0.15) is 28.5 Å². The van der Waals surface area contributed by atoms with Crippen LogP contribution < -0.4 is 14.8 Å². The first-order valence-electron chi connectivity index (χ1n) is 11.0. The van der Waals surface area contributed by atoms with Crippen LogP contribution in [0.2, 0.25) is 0 Å². The molecule has 5 rings (SSSR count). The van der Waals surface area contributed by atoms with Crippen molar-refractivity contribution < 1.29 is 27.1 Å². The number of amides is 1. The third kappa shape index (κ3) is 4.23. The van der Waals surface area contributed by atoms with Gasteiger partial charge in [-0.15, -0.1) is 0 Å². The van der Waals surface area contributed by atoms with Crippen molar-refractivity contribution in [2.45, 2.75) is 19.4 Å². The molecule has 4 heterocycles. The molecule has 0 aliphatic carbocycles. The Balaban J connectivity index is 1.64. The predicted octanol–water partition coefficient (Wildman–Crippen LogP) is 3.63. The lowest BCUT2D eigenvalue weighted by Gasteiger charge is -2.13. The van der Waals surface area contributed by atoms with Crippen LogP contribution in [-0.2, 0) is 9.84 Å². The van der Waals surface area contributed by atoms with Crippen molar-refractivity contribution in [2.75, 3.05) is 31.0 Å². The Morgan fingerprint density at radius 3 is 2.69 bits per heavy atom. The Hall–Kier alpha value is -3.86. The van der Waals surface area contributed by atoms with Crippen molar-refractivity contribution in [3.63, 3.8) is 0 Å². The molecule has 0 bridgehead atoms. The van der Waals surface area contributed by atoms with Crippen LogP contribution in [0.4, 0.5) is 5.69 Å². The smallest absolute Gasteiger partial charge is 0.256 e. The monoisotopic (exact) mass is 496 g/mol. The highest BCUT2D eigenvalue weighted by Crippen LogP contribution is 2.34. The number of sulfone groups is 1. The fourth-order valence-electron chi connectivity index (χ4n) is 4.36. The SMILES string of the molecule is COc1ccc(NC(=O)c2cc(-c3ccco3)nc3c2c(C)nn3C2CCS(=O)(=O)C2)c(OC)c1. The third-order valence-corrected chi connectivity index (χ3v) is 7.82. The van der Waals surface area contributed by atoms with Crippen LogP contribution in [0, 0.1) is 6.92 Å². The van der Waals surface area contributed by atoms with Gasteiger partial charge in [-0.1, -0.05) is 0 Å². The summed E-state index contributed by atoms with van der Waals surface area (Å²) in [6.07, 6.45) is 1.96. The first-order chi connectivity index (χ1) is 16.8. The van der Waals surface area contributed by atoms with Gasteiger partial charge in [0.05, 0.1) is 60.4 Å². The summed E-state index contributed by atoms with van der Waals surface area (Å²) in [4.78, 5) is 18.3. The molecule has 4 aromatic rings. The molecule has 1 saturated heterocycles. The largest absolute Gasteiger partial charge is 0.497 e. The number of nitrogens with one attached hydrogen (secondary N) is 1. The maximum atomic E-state index is 13.6. The molecule has 10 nitrogen and oxygen atoms in total. The second-order valence-electron chi connectivity index (χ2n) is 8.34. The quantitative estimate of drug-likeness (QED) is 0.429. The number of hydrogen-bond acceptors (Lipinski definition) is 8. The third-order valence-electron chi connectivity index (χ3n) is 6.07. The number of rotatable bonds is 6. The molecule has 1 aliphatic heterocycles. The molecule has 1 atom stereocenters. The number of aromatic nitrogens is 3. The van der Waals surface area contributed by atoms with Crippen molar-refractivity contribution in [1.82, 2.24) is 14.8 Å². The molecule has 35 heavy (non-hydrogen) atoms. The first-order valence-corrected chi connectivity index (χ1v) is 12.8. The molecular formula is C24H24N4O6S. The molecule has 0 saturated carbocycles. The van der Waals surface area contributed by atoms with E-state index in [0.717, 1.165) is 0 Å². The lowest BCUT2D eigenvalue weighted by Crippen LogP contribution is -2.15. The van der Waals surface area contributed by atoms with E-state index in [4.69, 9.17) is 18.9 Å². The minimum absolute atomic E-state index is 0.0134. The van der Waals surface area contributed by atoms with Gasteiger partial charge in [0.1, 0.15) is 17.2 Å². The van der Waals surface area contributed by atoms with Crippen LogP contribution in [0.3, 0.4) is 0 Å². The lowest BCUT2D eigenvalue weighted by atomic mass is 10.1. The van der Waals surface area contributed by atoms with Crippen LogP contribution in [0.5, 0.6) is 11.5 Å².